The van der Waals surface area contributed by atoms with Crippen molar-refractivity contribution in [1.82, 2.24) is 9.38 Å². The van der Waals surface area contributed by atoms with Gasteiger partial charge in [0.25, 0.3) is 5.56 Å². The van der Waals surface area contributed by atoms with Crippen molar-refractivity contribution >= 4 is 32.5 Å². The van der Waals surface area contributed by atoms with E-state index < -0.39 is 5.97 Å². The van der Waals surface area contributed by atoms with Crippen molar-refractivity contribution in [2.75, 3.05) is 0 Å². The Balaban J connectivity index is 2.01. The second kappa shape index (κ2) is 5.49. The number of para-hydroxylation sites is 1. The summed E-state index contributed by atoms with van der Waals surface area (Å²) in [6.45, 7) is 1.72. The smallest absolute Gasteiger partial charge is 0.330 e. The fourth-order valence-corrected chi connectivity index (χ4v) is 3.08. The van der Waals surface area contributed by atoms with Gasteiger partial charge < -0.3 is 4.74 Å². The molecule has 3 aromatic rings. The van der Waals surface area contributed by atoms with E-state index in [0.29, 0.717) is 10.7 Å². The molecule has 0 bridgehead atoms. The molecular weight excluding hydrogens is 288 g/mol. The Kier molecular flexibility index (Phi) is 3.53. The number of nitrogens with zero attached hydrogens (tertiary/aromatic N) is 2. The van der Waals surface area contributed by atoms with E-state index in [1.54, 1.807) is 17.4 Å². The standard InChI is InChI=1S/C15H12N2O3S/c1-2-5-14(19)20-9-10-8-13(18)17-11-6-3-4-7-12(11)21-15(17)16-10/h2-8H,9H2,1H3. The third-order valence-electron chi connectivity index (χ3n) is 2.91. The van der Waals surface area contributed by atoms with E-state index in [-0.39, 0.29) is 12.2 Å². The molecule has 0 saturated heterocycles. The molecule has 0 aliphatic carbocycles. The highest BCUT2D eigenvalue weighted by Crippen LogP contribution is 2.23. The molecule has 0 fully saturated rings. The van der Waals surface area contributed by atoms with Crippen molar-refractivity contribution in [2.45, 2.75) is 13.5 Å². The fourth-order valence-electron chi connectivity index (χ4n) is 2.03. The summed E-state index contributed by atoms with van der Waals surface area (Å²) in [6, 6.07) is 9.03. The normalized spacial score (nSPS) is 11.5. The third-order valence-corrected chi connectivity index (χ3v) is 3.94. The van der Waals surface area contributed by atoms with Gasteiger partial charge in [-0.15, -0.1) is 0 Å². The number of aromatic nitrogens is 2. The molecule has 0 aliphatic rings. The molecule has 3 rings (SSSR count). The molecule has 0 spiro atoms. The van der Waals surface area contributed by atoms with Crippen LogP contribution in [0.3, 0.4) is 0 Å². The van der Waals surface area contributed by atoms with Crippen molar-refractivity contribution in [3.8, 4) is 0 Å². The number of hydrogen-bond donors (Lipinski definition) is 0. The Bertz CT molecular complexity index is 908. The number of rotatable bonds is 3. The molecule has 0 unspecified atom stereocenters. The van der Waals surface area contributed by atoms with Crippen LogP contribution in [0.2, 0.25) is 0 Å². The molecule has 0 saturated carbocycles. The summed E-state index contributed by atoms with van der Waals surface area (Å²) >= 11 is 1.43. The largest absolute Gasteiger partial charge is 0.456 e. The minimum Gasteiger partial charge on any atom is -0.456 e. The van der Waals surface area contributed by atoms with Gasteiger partial charge in [0.15, 0.2) is 4.96 Å². The molecule has 5 nitrogen and oxygen atoms in total. The first kappa shape index (κ1) is 13.5. The molecule has 6 heteroatoms. The molecule has 0 aliphatic heterocycles. The SMILES string of the molecule is CC=CC(=O)OCc1cc(=O)n2c(n1)sc1ccccc12. The van der Waals surface area contributed by atoms with E-state index in [1.165, 1.54) is 23.5 Å². The Morgan fingerprint density at radius 3 is 3.05 bits per heavy atom. The molecule has 2 aromatic heterocycles. The monoisotopic (exact) mass is 300 g/mol. The quantitative estimate of drug-likeness (QED) is 0.551. The van der Waals surface area contributed by atoms with Crippen molar-refractivity contribution in [2.24, 2.45) is 0 Å². The van der Waals surface area contributed by atoms with Crippen LogP contribution in [-0.4, -0.2) is 15.4 Å². The maximum atomic E-state index is 12.2. The molecule has 0 amide bonds. The maximum Gasteiger partial charge on any atom is 0.330 e. The van der Waals surface area contributed by atoms with E-state index in [2.05, 4.69) is 4.98 Å². The summed E-state index contributed by atoms with van der Waals surface area (Å²) in [7, 11) is 0. The molecule has 106 valence electrons. The molecule has 0 radical (unpaired) electrons. The first-order valence-corrected chi connectivity index (χ1v) is 7.20. The topological polar surface area (TPSA) is 60.7 Å². The summed E-state index contributed by atoms with van der Waals surface area (Å²) in [5.74, 6) is -0.448. The lowest BCUT2D eigenvalue weighted by atomic mass is 10.3. The van der Waals surface area contributed by atoms with E-state index in [0.717, 1.165) is 10.2 Å². The van der Waals surface area contributed by atoms with Gasteiger partial charge in [-0.05, 0) is 19.1 Å². The van der Waals surface area contributed by atoms with Crippen molar-refractivity contribution < 1.29 is 9.53 Å². The van der Waals surface area contributed by atoms with Gasteiger partial charge in [0, 0.05) is 12.1 Å². The third kappa shape index (κ3) is 2.57. The highest BCUT2D eigenvalue weighted by molar-refractivity contribution is 7.23. The molecule has 0 atom stereocenters. The summed E-state index contributed by atoms with van der Waals surface area (Å²) in [5.41, 5.74) is 1.12. The molecular formula is C15H12N2O3S. The summed E-state index contributed by atoms with van der Waals surface area (Å²) in [4.78, 5) is 28.5. The number of fused-ring (bicyclic) bond motifs is 3. The highest BCUT2D eigenvalue weighted by atomic mass is 32.1. The molecule has 1 aromatic carbocycles. The minimum absolute atomic E-state index is 0.0108. The molecule has 2 heterocycles. The fraction of sp³-hybridized carbons (Fsp3) is 0.133. The zero-order valence-electron chi connectivity index (χ0n) is 11.3. The lowest BCUT2D eigenvalue weighted by Crippen LogP contribution is -2.14. The van der Waals surface area contributed by atoms with E-state index in [9.17, 15) is 9.59 Å². The van der Waals surface area contributed by atoms with Gasteiger partial charge in [-0.3, -0.25) is 9.20 Å². The Labute approximate surface area is 124 Å². The van der Waals surface area contributed by atoms with E-state index >= 15 is 0 Å². The summed E-state index contributed by atoms with van der Waals surface area (Å²) in [6.07, 6.45) is 2.92. The number of hydrogen-bond acceptors (Lipinski definition) is 5. The summed E-state index contributed by atoms with van der Waals surface area (Å²) < 4.78 is 7.57. The van der Waals surface area contributed by atoms with Crippen LogP contribution in [0.4, 0.5) is 0 Å². The van der Waals surface area contributed by atoms with Crippen molar-refractivity contribution in [1.29, 1.82) is 0 Å². The van der Waals surface area contributed by atoms with Crippen LogP contribution < -0.4 is 5.56 Å². The van der Waals surface area contributed by atoms with Gasteiger partial charge in [0.2, 0.25) is 0 Å². The van der Waals surface area contributed by atoms with Gasteiger partial charge in [-0.1, -0.05) is 29.5 Å². The van der Waals surface area contributed by atoms with Crippen LogP contribution in [0.1, 0.15) is 12.6 Å². The van der Waals surface area contributed by atoms with Crippen molar-refractivity contribution in [3.05, 3.63) is 58.5 Å². The zero-order chi connectivity index (χ0) is 14.8. The number of esters is 1. The minimum atomic E-state index is -0.448. The summed E-state index contributed by atoms with van der Waals surface area (Å²) in [5, 5.41) is 0. The lowest BCUT2D eigenvalue weighted by molar-refractivity contribution is -0.139. The van der Waals surface area contributed by atoms with Gasteiger partial charge in [-0.2, -0.15) is 0 Å². The number of carbonyl (C=O) groups excluding carboxylic acids is 1. The zero-order valence-corrected chi connectivity index (χ0v) is 12.1. The van der Waals surface area contributed by atoms with Crippen LogP contribution in [0.5, 0.6) is 0 Å². The number of benzene rings is 1. The average Bonchev–Trinajstić information content (AvgIpc) is 2.84. The number of thiazole rings is 1. The maximum absolute atomic E-state index is 12.2. The van der Waals surface area contributed by atoms with Gasteiger partial charge in [-0.25, -0.2) is 9.78 Å². The Morgan fingerprint density at radius 2 is 2.24 bits per heavy atom. The number of carbonyl (C=O) groups is 1. The second-order valence-electron chi connectivity index (χ2n) is 4.38. The van der Waals surface area contributed by atoms with Crippen LogP contribution in [-0.2, 0) is 16.1 Å². The number of allylic oxidation sites excluding steroid dienone is 1. The second-order valence-corrected chi connectivity index (χ2v) is 5.39. The van der Waals surface area contributed by atoms with E-state index in [4.69, 9.17) is 4.74 Å². The lowest BCUT2D eigenvalue weighted by Gasteiger charge is -2.02. The van der Waals surface area contributed by atoms with Crippen LogP contribution in [0.25, 0.3) is 15.2 Å². The van der Waals surface area contributed by atoms with Gasteiger partial charge in [0.1, 0.15) is 6.61 Å². The predicted octanol–water partition coefficient (Wildman–Crippen LogP) is 2.53. The highest BCUT2D eigenvalue weighted by Gasteiger charge is 2.10. The average molecular weight is 300 g/mol. The number of ether oxygens (including phenoxy) is 1. The Morgan fingerprint density at radius 1 is 1.43 bits per heavy atom. The van der Waals surface area contributed by atoms with Gasteiger partial charge in [0.05, 0.1) is 15.9 Å². The predicted molar refractivity (Wildman–Crippen MR) is 81.5 cm³/mol. The molecule has 21 heavy (non-hydrogen) atoms. The van der Waals surface area contributed by atoms with E-state index in [1.807, 2.05) is 24.3 Å². The van der Waals surface area contributed by atoms with Crippen molar-refractivity contribution in [3.63, 3.8) is 0 Å². The first-order valence-electron chi connectivity index (χ1n) is 6.38. The van der Waals surface area contributed by atoms with Crippen LogP contribution in [0.15, 0.2) is 47.3 Å². The van der Waals surface area contributed by atoms with Crippen LogP contribution >= 0.6 is 11.3 Å². The Hall–Kier alpha value is -2.47. The molecule has 0 N–H and O–H groups in total. The van der Waals surface area contributed by atoms with Gasteiger partial charge >= 0.3 is 5.97 Å². The first-order chi connectivity index (χ1) is 10.2. The van der Waals surface area contributed by atoms with Crippen LogP contribution in [0, 0.1) is 0 Å².